The molecule has 2 N–H and O–H groups in total. The third kappa shape index (κ3) is 4.86. The van der Waals surface area contributed by atoms with E-state index < -0.39 is 5.54 Å². The fourth-order valence-corrected chi connectivity index (χ4v) is 1.90. The number of carbonyl (C=O) groups is 1. The average molecular weight is 296 g/mol. The Morgan fingerprint density at radius 1 is 1.50 bits per heavy atom. The van der Waals surface area contributed by atoms with E-state index in [4.69, 9.17) is 21.4 Å². The number of nitrogens with one attached hydrogen (secondary N) is 1. The second kappa shape index (κ2) is 7.30. The van der Waals surface area contributed by atoms with Gasteiger partial charge < -0.3 is 15.2 Å². The lowest BCUT2D eigenvalue weighted by atomic mass is 10.1. The van der Waals surface area contributed by atoms with Crippen LogP contribution in [0.1, 0.15) is 29.8 Å². The standard InChI is InChI=1S/C15H18ClNO3/c1-15(2,10-20-3)17-14(19)12-7-6-11(5-4-8-18)13(16)9-12/h6-7,9,18H,8,10H2,1-3H3,(H,17,19). The van der Waals surface area contributed by atoms with Gasteiger partial charge in [0.2, 0.25) is 0 Å². The van der Waals surface area contributed by atoms with Crippen LogP contribution in [0.2, 0.25) is 5.02 Å². The van der Waals surface area contributed by atoms with E-state index in [0.29, 0.717) is 22.8 Å². The zero-order chi connectivity index (χ0) is 15.2. The van der Waals surface area contributed by atoms with Gasteiger partial charge in [0.15, 0.2) is 0 Å². The minimum absolute atomic E-state index is 0.226. The van der Waals surface area contributed by atoms with Gasteiger partial charge in [-0.05, 0) is 32.0 Å². The summed E-state index contributed by atoms with van der Waals surface area (Å²) in [5, 5.41) is 11.9. The maximum absolute atomic E-state index is 12.1. The Hall–Kier alpha value is -1.54. The van der Waals surface area contributed by atoms with Crippen molar-refractivity contribution in [1.82, 2.24) is 5.32 Å². The molecule has 0 aliphatic rings. The Balaban J connectivity index is 2.88. The molecule has 0 unspecified atom stereocenters. The number of hydrogen-bond acceptors (Lipinski definition) is 3. The Bertz CT molecular complexity index is 544. The Morgan fingerprint density at radius 3 is 2.75 bits per heavy atom. The van der Waals surface area contributed by atoms with E-state index in [-0.39, 0.29) is 12.5 Å². The highest BCUT2D eigenvalue weighted by Gasteiger charge is 2.21. The molecule has 108 valence electrons. The Morgan fingerprint density at radius 2 is 2.20 bits per heavy atom. The first-order valence-electron chi connectivity index (χ1n) is 6.10. The van der Waals surface area contributed by atoms with Gasteiger partial charge in [-0.1, -0.05) is 23.4 Å². The van der Waals surface area contributed by atoms with Crippen LogP contribution in [0.15, 0.2) is 18.2 Å². The number of rotatable bonds is 4. The number of methoxy groups -OCH3 is 1. The van der Waals surface area contributed by atoms with Crippen molar-refractivity contribution < 1.29 is 14.6 Å². The molecule has 0 aliphatic heterocycles. The monoisotopic (exact) mass is 295 g/mol. The average Bonchev–Trinajstić information content (AvgIpc) is 2.36. The molecule has 1 amide bonds. The minimum Gasteiger partial charge on any atom is -0.384 e. The van der Waals surface area contributed by atoms with E-state index in [1.54, 1.807) is 25.3 Å². The summed E-state index contributed by atoms with van der Waals surface area (Å²) in [6.07, 6.45) is 0. The molecule has 0 bridgehead atoms. The lowest BCUT2D eigenvalue weighted by molar-refractivity contribution is 0.0820. The van der Waals surface area contributed by atoms with Crippen molar-refractivity contribution in [3.63, 3.8) is 0 Å². The summed E-state index contributed by atoms with van der Waals surface area (Å²) in [6, 6.07) is 4.86. The molecule has 4 nitrogen and oxygen atoms in total. The van der Waals surface area contributed by atoms with Gasteiger partial charge in [-0.3, -0.25) is 4.79 Å². The molecule has 0 radical (unpaired) electrons. The highest BCUT2D eigenvalue weighted by Crippen LogP contribution is 2.17. The normalized spacial score (nSPS) is 10.7. The van der Waals surface area contributed by atoms with Gasteiger partial charge >= 0.3 is 0 Å². The first kappa shape index (κ1) is 16.5. The van der Waals surface area contributed by atoms with Crippen LogP contribution in [0.3, 0.4) is 0 Å². The largest absolute Gasteiger partial charge is 0.384 e. The van der Waals surface area contributed by atoms with Crippen LogP contribution >= 0.6 is 11.6 Å². The number of hydrogen-bond donors (Lipinski definition) is 2. The topological polar surface area (TPSA) is 58.6 Å². The summed E-state index contributed by atoms with van der Waals surface area (Å²) < 4.78 is 5.05. The molecule has 1 rings (SSSR count). The van der Waals surface area contributed by atoms with E-state index >= 15 is 0 Å². The fraction of sp³-hybridized carbons (Fsp3) is 0.400. The highest BCUT2D eigenvalue weighted by molar-refractivity contribution is 6.32. The van der Waals surface area contributed by atoms with Crippen molar-refractivity contribution in [3.8, 4) is 11.8 Å². The predicted molar refractivity (Wildman–Crippen MR) is 78.8 cm³/mol. The summed E-state index contributed by atoms with van der Waals surface area (Å²) in [4.78, 5) is 12.1. The van der Waals surface area contributed by atoms with E-state index in [0.717, 1.165) is 0 Å². The van der Waals surface area contributed by atoms with Gasteiger partial charge in [-0.15, -0.1) is 0 Å². The summed E-state index contributed by atoms with van der Waals surface area (Å²) in [7, 11) is 1.58. The molecule has 0 heterocycles. The third-order valence-electron chi connectivity index (χ3n) is 2.49. The van der Waals surface area contributed by atoms with Crippen molar-refractivity contribution in [3.05, 3.63) is 34.3 Å². The van der Waals surface area contributed by atoms with Crippen molar-refractivity contribution in [1.29, 1.82) is 0 Å². The molecule has 0 aliphatic carbocycles. The SMILES string of the molecule is COCC(C)(C)NC(=O)c1ccc(C#CCO)c(Cl)c1. The first-order valence-corrected chi connectivity index (χ1v) is 6.48. The van der Waals surface area contributed by atoms with Crippen LogP contribution in [-0.4, -0.2) is 36.9 Å². The van der Waals surface area contributed by atoms with E-state index in [1.165, 1.54) is 0 Å². The molecule has 1 aromatic rings. The second-order valence-electron chi connectivity index (χ2n) is 4.93. The van der Waals surface area contributed by atoms with Crippen LogP contribution in [0.4, 0.5) is 0 Å². The number of ether oxygens (including phenoxy) is 1. The number of amides is 1. The van der Waals surface area contributed by atoms with Gasteiger partial charge in [-0.25, -0.2) is 0 Å². The Kier molecular flexibility index (Phi) is 6.03. The third-order valence-corrected chi connectivity index (χ3v) is 2.80. The van der Waals surface area contributed by atoms with Crippen LogP contribution in [-0.2, 0) is 4.74 Å². The number of aliphatic hydroxyl groups is 1. The lowest BCUT2D eigenvalue weighted by Crippen LogP contribution is -2.46. The molecule has 0 saturated heterocycles. The second-order valence-corrected chi connectivity index (χ2v) is 5.33. The van der Waals surface area contributed by atoms with E-state index in [2.05, 4.69) is 17.2 Å². The van der Waals surface area contributed by atoms with Gasteiger partial charge in [0.05, 0.1) is 17.2 Å². The van der Waals surface area contributed by atoms with Gasteiger partial charge in [0.25, 0.3) is 5.91 Å². The van der Waals surface area contributed by atoms with Crippen LogP contribution in [0.5, 0.6) is 0 Å². The number of aliphatic hydroxyl groups excluding tert-OH is 1. The molecule has 0 saturated carbocycles. The molecule has 0 atom stereocenters. The predicted octanol–water partition coefficient (Wildman–Crippen LogP) is 1.84. The molecule has 0 fully saturated rings. The molecule has 1 aromatic carbocycles. The quantitative estimate of drug-likeness (QED) is 0.833. The van der Waals surface area contributed by atoms with Crippen molar-refractivity contribution in [2.75, 3.05) is 20.3 Å². The molecule has 0 aromatic heterocycles. The molecule has 5 heteroatoms. The zero-order valence-electron chi connectivity index (χ0n) is 11.8. The zero-order valence-corrected chi connectivity index (χ0v) is 12.5. The van der Waals surface area contributed by atoms with Crippen LogP contribution < -0.4 is 5.32 Å². The molecular weight excluding hydrogens is 278 g/mol. The van der Waals surface area contributed by atoms with E-state index in [9.17, 15) is 4.79 Å². The fourth-order valence-electron chi connectivity index (χ4n) is 1.67. The summed E-state index contributed by atoms with van der Waals surface area (Å²) in [5.74, 6) is 5.00. The number of carbonyl (C=O) groups excluding carboxylic acids is 1. The van der Waals surface area contributed by atoms with Crippen LogP contribution in [0, 0.1) is 11.8 Å². The maximum atomic E-state index is 12.1. The summed E-state index contributed by atoms with van der Waals surface area (Å²) >= 11 is 6.05. The Labute approximate surface area is 124 Å². The van der Waals surface area contributed by atoms with Crippen molar-refractivity contribution in [2.24, 2.45) is 0 Å². The van der Waals surface area contributed by atoms with Gasteiger partial charge in [0.1, 0.15) is 6.61 Å². The smallest absolute Gasteiger partial charge is 0.251 e. The van der Waals surface area contributed by atoms with E-state index in [1.807, 2.05) is 13.8 Å². The van der Waals surface area contributed by atoms with Crippen LogP contribution in [0.25, 0.3) is 0 Å². The maximum Gasteiger partial charge on any atom is 0.251 e. The molecule has 0 spiro atoms. The minimum atomic E-state index is -0.465. The van der Waals surface area contributed by atoms with Gasteiger partial charge in [0, 0.05) is 18.2 Å². The van der Waals surface area contributed by atoms with Crippen molar-refractivity contribution in [2.45, 2.75) is 19.4 Å². The highest BCUT2D eigenvalue weighted by atomic mass is 35.5. The molecular formula is C15H18ClNO3. The number of halogens is 1. The first-order chi connectivity index (χ1) is 9.39. The summed E-state index contributed by atoms with van der Waals surface area (Å²) in [6.45, 7) is 3.92. The molecule has 20 heavy (non-hydrogen) atoms. The van der Waals surface area contributed by atoms with Crippen molar-refractivity contribution >= 4 is 17.5 Å². The number of benzene rings is 1. The van der Waals surface area contributed by atoms with Gasteiger partial charge in [-0.2, -0.15) is 0 Å². The summed E-state index contributed by atoms with van der Waals surface area (Å²) in [5.41, 5.74) is 0.565. The lowest BCUT2D eigenvalue weighted by Gasteiger charge is -2.25.